The van der Waals surface area contributed by atoms with Gasteiger partial charge in [0.15, 0.2) is 11.5 Å². The van der Waals surface area contributed by atoms with E-state index in [1.165, 1.54) is 19.1 Å². The van der Waals surface area contributed by atoms with Crippen molar-refractivity contribution in [3.63, 3.8) is 0 Å². The topological polar surface area (TPSA) is 93.7 Å². The van der Waals surface area contributed by atoms with Gasteiger partial charge in [0.05, 0.1) is 4.90 Å². The van der Waals surface area contributed by atoms with Crippen LogP contribution in [0.25, 0.3) is 0 Å². The van der Waals surface area contributed by atoms with Gasteiger partial charge in [-0.3, -0.25) is 4.79 Å². The quantitative estimate of drug-likeness (QED) is 0.801. The summed E-state index contributed by atoms with van der Waals surface area (Å²) in [4.78, 5) is 11.9. The summed E-state index contributed by atoms with van der Waals surface area (Å²) in [5, 5.41) is 2.66. The Balaban J connectivity index is 1.53. The number of ether oxygens (including phenoxy) is 2. The normalized spacial score (nSPS) is 12.8. The van der Waals surface area contributed by atoms with E-state index in [1.807, 2.05) is 0 Å². The highest BCUT2D eigenvalue weighted by molar-refractivity contribution is 7.89. The third kappa shape index (κ3) is 4.12. The van der Waals surface area contributed by atoms with Crippen LogP contribution in [0, 0.1) is 12.7 Å². The van der Waals surface area contributed by atoms with Gasteiger partial charge in [0.2, 0.25) is 22.7 Å². The zero-order chi connectivity index (χ0) is 18.7. The second-order valence-electron chi connectivity index (χ2n) is 5.67. The average Bonchev–Trinajstić information content (AvgIpc) is 3.04. The van der Waals surface area contributed by atoms with Crippen LogP contribution in [-0.4, -0.2) is 27.7 Å². The molecule has 0 fully saturated rings. The van der Waals surface area contributed by atoms with E-state index < -0.39 is 15.8 Å². The molecular weight excluding hydrogens is 363 g/mol. The number of sulfonamides is 1. The Kier molecular flexibility index (Phi) is 5.10. The lowest BCUT2D eigenvalue weighted by Gasteiger charge is -2.09. The summed E-state index contributed by atoms with van der Waals surface area (Å²) in [6.07, 6.45) is -0.0617. The second kappa shape index (κ2) is 7.30. The molecule has 0 bridgehead atoms. The highest BCUT2D eigenvalue weighted by atomic mass is 32.2. The number of hydrogen-bond donors (Lipinski definition) is 2. The number of nitrogens with one attached hydrogen (secondary N) is 2. The van der Waals surface area contributed by atoms with E-state index in [0.29, 0.717) is 17.2 Å². The van der Waals surface area contributed by atoms with Crippen LogP contribution < -0.4 is 19.5 Å². The van der Waals surface area contributed by atoms with Crippen molar-refractivity contribution in [3.05, 3.63) is 47.8 Å². The molecule has 0 aliphatic carbocycles. The molecule has 26 heavy (non-hydrogen) atoms. The average molecular weight is 380 g/mol. The molecule has 0 atom stereocenters. The molecule has 1 amide bonds. The Morgan fingerprint density at radius 1 is 1.15 bits per heavy atom. The zero-order valence-corrected chi connectivity index (χ0v) is 14.7. The van der Waals surface area contributed by atoms with Crippen LogP contribution >= 0.6 is 0 Å². The first-order valence-electron chi connectivity index (χ1n) is 7.80. The van der Waals surface area contributed by atoms with Gasteiger partial charge in [0, 0.05) is 24.7 Å². The summed E-state index contributed by atoms with van der Waals surface area (Å²) in [6, 6.07) is 8.48. The van der Waals surface area contributed by atoms with Crippen LogP contribution in [0.15, 0.2) is 41.3 Å². The van der Waals surface area contributed by atoms with Crippen LogP contribution in [-0.2, 0) is 14.8 Å². The summed E-state index contributed by atoms with van der Waals surface area (Å²) in [5.41, 5.74) is 0.754. The van der Waals surface area contributed by atoms with Gasteiger partial charge < -0.3 is 14.8 Å². The standard InChI is InChI=1S/C17H17FN2O5S/c1-11-8-13(3-4-14(11)18)26(22,23)19-7-6-17(21)20-12-2-5-15-16(9-12)25-10-24-15/h2-5,8-9,19H,6-7,10H2,1H3,(H,20,21). The second-order valence-corrected chi connectivity index (χ2v) is 7.44. The van der Waals surface area contributed by atoms with E-state index in [-0.39, 0.29) is 36.1 Å². The molecule has 1 heterocycles. The first kappa shape index (κ1) is 18.2. The minimum Gasteiger partial charge on any atom is -0.454 e. The number of anilines is 1. The maximum atomic E-state index is 13.2. The molecule has 3 rings (SSSR count). The monoisotopic (exact) mass is 380 g/mol. The lowest BCUT2D eigenvalue weighted by atomic mass is 10.2. The van der Waals surface area contributed by atoms with E-state index in [9.17, 15) is 17.6 Å². The molecule has 0 aromatic heterocycles. The Labute approximate surface area is 150 Å². The van der Waals surface area contributed by atoms with E-state index in [2.05, 4.69) is 10.0 Å². The number of aryl methyl sites for hydroxylation is 1. The molecule has 2 N–H and O–H groups in total. The Bertz CT molecular complexity index is 946. The SMILES string of the molecule is Cc1cc(S(=O)(=O)NCCC(=O)Nc2ccc3c(c2)OCO3)ccc1F. The number of benzene rings is 2. The molecule has 0 radical (unpaired) electrons. The van der Waals surface area contributed by atoms with Gasteiger partial charge in [-0.2, -0.15) is 0 Å². The summed E-state index contributed by atoms with van der Waals surface area (Å²) in [5.74, 6) is 0.300. The number of fused-ring (bicyclic) bond motifs is 1. The first-order valence-corrected chi connectivity index (χ1v) is 9.29. The lowest BCUT2D eigenvalue weighted by molar-refractivity contribution is -0.116. The van der Waals surface area contributed by atoms with E-state index in [1.54, 1.807) is 18.2 Å². The van der Waals surface area contributed by atoms with Crippen molar-refractivity contribution in [2.75, 3.05) is 18.7 Å². The molecule has 1 aliphatic rings. The Morgan fingerprint density at radius 3 is 2.69 bits per heavy atom. The first-order chi connectivity index (χ1) is 12.3. The number of hydrogen-bond acceptors (Lipinski definition) is 5. The fourth-order valence-electron chi connectivity index (χ4n) is 2.36. The van der Waals surface area contributed by atoms with E-state index in [0.717, 1.165) is 6.07 Å². The molecule has 0 saturated carbocycles. The number of carbonyl (C=O) groups is 1. The van der Waals surface area contributed by atoms with Crippen molar-refractivity contribution in [2.24, 2.45) is 0 Å². The predicted molar refractivity (Wildman–Crippen MR) is 92.1 cm³/mol. The number of amides is 1. The van der Waals surface area contributed by atoms with Crippen molar-refractivity contribution in [1.29, 1.82) is 0 Å². The van der Waals surface area contributed by atoms with Crippen molar-refractivity contribution in [1.82, 2.24) is 4.72 Å². The van der Waals surface area contributed by atoms with E-state index >= 15 is 0 Å². The van der Waals surface area contributed by atoms with Gasteiger partial charge in [-0.25, -0.2) is 17.5 Å². The molecule has 2 aromatic rings. The summed E-state index contributed by atoms with van der Waals surface area (Å²) >= 11 is 0. The van der Waals surface area contributed by atoms with Crippen LogP contribution in [0.1, 0.15) is 12.0 Å². The predicted octanol–water partition coefficient (Wildman–Crippen LogP) is 2.17. The van der Waals surface area contributed by atoms with Gasteiger partial charge in [0.1, 0.15) is 5.82 Å². The summed E-state index contributed by atoms with van der Waals surface area (Å²) in [6.45, 7) is 1.53. The van der Waals surface area contributed by atoms with Gasteiger partial charge in [-0.05, 0) is 42.8 Å². The molecule has 0 spiro atoms. The number of rotatable bonds is 6. The van der Waals surface area contributed by atoms with E-state index in [4.69, 9.17) is 9.47 Å². The van der Waals surface area contributed by atoms with Gasteiger partial charge in [-0.1, -0.05) is 0 Å². The Hall–Kier alpha value is -2.65. The molecular formula is C17H17FN2O5S. The third-order valence-corrected chi connectivity index (χ3v) is 5.20. The maximum Gasteiger partial charge on any atom is 0.240 e. The summed E-state index contributed by atoms with van der Waals surface area (Å²) < 4.78 is 50.3. The smallest absolute Gasteiger partial charge is 0.240 e. The van der Waals surface area contributed by atoms with Crippen LogP contribution in [0.3, 0.4) is 0 Å². The lowest BCUT2D eigenvalue weighted by Crippen LogP contribution is -2.28. The van der Waals surface area contributed by atoms with Crippen LogP contribution in [0.4, 0.5) is 10.1 Å². The van der Waals surface area contributed by atoms with Gasteiger partial charge in [0.25, 0.3) is 0 Å². The van der Waals surface area contributed by atoms with Crippen molar-refractivity contribution in [3.8, 4) is 11.5 Å². The fourth-order valence-corrected chi connectivity index (χ4v) is 3.48. The molecule has 0 saturated heterocycles. The van der Waals surface area contributed by atoms with Crippen LogP contribution in [0.2, 0.25) is 0 Å². The minimum atomic E-state index is -3.81. The van der Waals surface area contributed by atoms with Gasteiger partial charge in [-0.15, -0.1) is 0 Å². The fraction of sp³-hybridized carbons (Fsp3) is 0.235. The molecule has 2 aromatic carbocycles. The zero-order valence-electron chi connectivity index (χ0n) is 13.9. The highest BCUT2D eigenvalue weighted by Gasteiger charge is 2.17. The number of carbonyl (C=O) groups excluding carboxylic acids is 1. The molecule has 1 aliphatic heterocycles. The Morgan fingerprint density at radius 2 is 1.92 bits per heavy atom. The maximum absolute atomic E-state index is 13.2. The van der Waals surface area contributed by atoms with Crippen molar-refractivity contribution in [2.45, 2.75) is 18.2 Å². The summed E-state index contributed by atoms with van der Waals surface area (Å²) in [7, 11) is -3.81. The largest absolute Gasteiger partial charge is 0.454 e. The molecule has 138 valence electrons. The highest BCUT2D eigenvalue weighted by Crippen LogP contribution is 2.34. The van der Waals surface area contributed by atoms with Crippen LogP contribution in [0.5, 0.6) is 11.5 Å². The number of halogens is 1. The van der Waals surface area contributed by atoms with Crippen molar-refractivity contribution < 1.29 is 27.1 Å². The molecule has 7 nitrogen and oxygen atoms in total. The van der Waals surface area contributed by atoms with Gasteiger partial charge >= 0.3 is 0 Å². The van der Waals surface area contributed by atoms with Crippen molar-refractivity contribution >= 4 is 21.6 Å². The third-order valence-electron chi connectivity index (χ3n) is 3.74. The minimum absolute atomic E-state index is 0.0485. The molecule has 0 unspecified atom stereocenters. The molecule has 9 heteroatoms.